The molecule has 3 fully saturated rings. The van der Waals surface area contributed by atoms with Gasteiger partial charge in [0.1, 0.15) is 6.54 Å². The molecule has 3 aliphatic heterocycles. The van der Waals surface area contributed by atoms with Gasteiger partial charge in [0.25, 0.3) is 0 Å². The number of hydrogen-bond acceptors (Lipinski definition) is 1. The highest BCUT2D eigenvalue weighted by molar-refractivity contribution is 5.87. The summed E-state index contributed by atoms with van der Waals surface area (Å²) < 4.78 is 0.893. The molecular formula is C26H26NO+. The van der Waals surface area contributed by atoms with Crippen molar-refractivity contribution in [1.29, 1.82) is 0 Å². The summed E-state index contributed by atoms with van der Waals surface area (Å²) in [6.45, 7) is 3.16. The highest BCUT2D eigenvalue weighted by atomic mass is 16.1. The van der Waals surface area contributed by atoms with Gasteiger partial charge in [0.2, 0.25) is 0 Å². The third kappa shape index (κ3) is 2.98. The second-order valence-corrected chi connectivity index (χ2v) is 8.38. The molecule has 0 aromatic heterocycles. The molecule has 0 spiro atoms. The average molecular weight is 369 g/mol. The van der Waals surface area contributed by atoms with E-state index in [1.807, 2.05) is 6.07 Å². The molecule has 2 heteroatoms. The van der Waals surface area contributed by atoms with Crippen molar-refractivity contribution in [2.75, 3.05) is 13.1 Å². The highest BCUT2D eigenvalue weighted by Crippen LogP contribution is 2.45. The maximum Gasteiger partial charge on any atom is 0.198 e. The maximum atomic E-state index is 13.3. The van der Waals surface area contributed by atoms with Gasteiger partial charge in [-0.15, -0.1) is 0 Å². The summed E-state index contributed by atoms with van der Waals surface area (Å²) in [4.78, 5) is 13.3. The van der Waals surface area contributed by atoms with E-state index in [0.717, 1.165) is 37.0 Å². The molecular weight excluding hydrogens is 342 g/mol. The van der Waals surface area contributed by atoms with Gasteiger partial charge in [0.05, 0.1) is 13.1 Å². The number of quaternary nitrogens is 1. The first-order valence-corrected chi connectivity index (χ1v) is 10.3. The van der Waals surface area contributed by atoms with Gasteiger partial charge in [-0.1, -0.05) is 84.9 Å². The summed E-state index contributed by atoms with van der Waals surface area (Å²) in [5.41, 5.74) is 4.95. The van der Waals surface area contributed by atoms with Crippen LogP contribution < -0.4 is 0 Å². The lowest BCUT2D eigenvalue weighted by atomic mass is 9.76. The zero-order valence-electron chi connectivity index (χ0n) is 16.1. The van der Waals surface area contributed by atoms with E-state index in [4.69, 9.17) is 0 Å². The van der Waals surface area contributed by atoms with Crippen molar-refractivity contribution in [3.05, 3.63) is 96.1 Å². The van der Waals surface area contributed by atoms with Crippen molar-refractivity contribution < 1.29 is 9.28 Å². The van der Waals surface area contributed by atoms with Gasteiger partial charge >= 0.3 is 0 Å². The molecule has 0 saturated carbocycles. The van der Waals surface area contributed by atoms with Crippen LogP contribution in [0.3, 0.4) is 0 Å². The predicted octanol–water partition coefficient (Wildman–Crippen LogP) is 5.40. The van der Waals surface area contributed by atoms with Gasteiger partial charge in [0.15, 0.2) is 11.8 Å². The van der Waals surface area contributed by atoms with Gasteiger partial charge < -0.3 is 4.48 Å². The fraction of sp³-hybridized carbons (Fsp3) is 0.269. The number of ketones is 1. The van der Waals surface area contributed by atoms with Crippen LogP contribution in [0.2, 0.25) is 0 Å². The summed E-state index contributed by atoms with van der Waals surface area (Å²) >= 11 is 0. The topological polar surface area (TPSA) is 17.1 Å². The van der Waals surface area contributed by atoms with Crippen molar-refractivity contribution in [3.8, 4) is 11.1 Å². The van der Waals surface area contributed by atoms with E-state index in [9.17, 15) is 4.79 Å². The van der Waals surface area contributed by atoms with Crippen LogP contribution in [0.15, 0.2) is 84.9 Å². The minimum absolute atomic E-state index is 0.0162. The Balaban J connectivity index is 1.50. The number of fused-ring (bicyclic) bond motifs is 3. The molecule has 3 heterocycles. The van der Waals surface area contributed by atoms with E-state index in [1.54, 1.807) is 0 Å². The van der Waals surface area contributed by atoms with E-state index >= 15 is 0 Å². The normalized spacial score (nSPS) is 26.4. The van der Waals surface area contributed by atoms with Gasteiger partial charge in [-0.2, -0.15) is 0 Å². The van der Waals surface area contributed by atoms with Crippen molar-refractivity contribution in [2.24, 2.45) is 5.92 Å². The number of Topliss-reactive ketones (excluding diaryl/α,β-unsaturated/α-hetero) is 1. The number of piperidine rings is 3. The van der Waals surface area contributed by atoms with Crippen LogP contribution in [0.5, 0.6) is 0 Å². The van der Waals surface area contributed by atoms with Gasteiger partial charge in [0, 0.05) is 29.9 Å². The molecule has 1 unspecified atom stereocenters. The van der Waals surface area contributed by atoms with Crippen LogP contribution in [-0.2, 0) is 11.3 Å². The fourth-order valence-electron chi connectivity index (χ4n) is 5.28. The average Bonchev–Trinajstić information content (AvgIpc) is 2.76. The second-order valence-electron chi connectivity index (χ2n) is 8.38. The lowest BCUT2D eigenvalue weighted by molar-refractivity contribution is -0.970. The molecule has 6 rings (SSSR count). The Morgan fingerprint density at radius 2 is 1.29 bits per heavy atom. The Hall–Kier alpha value is -2.71. The molecule has 2 nitrogen and oxygen atoms in total. The lowest BCUT2D eigenvalue weighted by Crippen LogP contribution is -2.63. The number of rotatable bonds is 4. The Bertz CT molecular complexity index is 954. The first kappa shape index (κ1) is 17.4. The summed E-state index contributed by atoms with van der Waals surface area (Å²) in [6.07, 6.45) is 2.09. The Labute approximate surface area is 167 Å². The number of carbonyl (C=O) groups excluding carboxylic acids is 1. The first-order chi connectivity index (χ1) is 13.8. The number of nitrogens with zero attached hydrogens (tertiary/aromatic N) is 1. The minimum atomic E-state index is -0.0162. The van der Waals surface area contributed by atoms with Crippen LogP contribution in [0.1, 0.15) is 30.0 Å². The third-order valence-corrected chi connectivity index (χ3v) is 6.74. The molecule has 0 aliphatic carbocycles. The quantitative estimate of drug-likeness (QED) is 0.563. The van der Waals surface area contributed by atoms with Crippen molar-refractivity contribution >= 4 is 5.78 Å². The zero-order chi connectivity index (χ0) is 19.0. The van der Waals surface area contributed by atoms with Gasteiger partial charge in [-0.25, -0.2) is 0 Å². The Morgan fingerprint density at radius 3 is 1.93 bits per heavy atom. The summed E-state index contributed by atoms with van der Waals surface area (Å²) in [5, 5.41) is 0. The molecule has 3 aromatic carbocycles. The molecule has 3 saturated heterocycles. The van der Waals surface area contributed by atoms with Crippen molar-refractivity contribution in [2.45, 2.75) is 25.4 Å². The Kier molecular flexibility index (Phi) is 4.37. The molecule has 3 aromatic rings. The molecule has 140 valence electrons. The Morgan fingerprint density at radius 1 is 0.714 bits per heavy atom. The third-order valence-electron chi connectivity index (χ3n) is 6.74. The van der Waals surface area contributed by atoms with E-state index in [2.05, 4.69) is 78.9 Å². The standard InChI is InChI=1S/C26H26NO/c28-26-24-15-17-27(18-16-24,19-20-7-3-1-4-8-20)25(26)23-13-11-22(12-14-23)21-9-5-2-6-10-21/h1-14,24-25H,15-19H2/q+1. The predicted molar refractivity (Wildman–Crippen MR) is 112 cm³/mol. The zero-order valence-corrected chi connectivity index (χ0v) is 16.1. The first-order valence-electron chi connectivity index (χ1n) is 10.3. The lowest BCUT2D eigenvalue weighted by Gasteiger charge is -2.53. The van der Waals surface area contributed by atoms with Gasteiger partial charge in [-0.05, 0) is 11.1 Å². The summed E-state index contributed by atoms with van der Waals surface area (Å²) in [5.74, 6) is 0.718. The molecule has 0 amide bonds. The number of benzene rings is 3. The van der Waals surface area contributed by atoms with Crippen molar-refractivity contribution in [1.82, 2.24) is 0 Å². The van der Waals surface area contributed by atoms with Crippen LogP contribution in [0, 0.1) is 5.92 Å². The molecule has 2 bridgehead atoms. The fourth-order valence-corrected chi connectivity index (χ4v) is 5.28. The molecule has 1 atom stereocenters. The van der Waals surface area contributed by atoms with E-state index in [0.29, 0.717) is 5.78 Å². The highest BCUT2D eigenvalue weighted by Gasteiger charge is 2.53. The van der Waals surface area contributed by atoms with E-state index < -0.39 is 0 Å². The monoisotopic (exact) mass is 368 g/mol. The largest absolute Gasteiger partial charge is 0.307 e. The smallest absolute Gasteiger partial charge is 0.198 e. The SMILES string of the molecule is O=C1C2CC[N+](Cc3ccccc3)(CC2)C1c1ccc(-c2ccccc2)cc1. The van der Waals surface area contributed by atoms with Crippen LogP contribution in [-0.4, -0.2) is 23.4 Å². The number of hydrogen-bond donors (Lipinski definition) is 0. The van der Waals surface area contributed by atoms with Crippen molar-refractivity contribution in [3.63, 3.8) is 0 Å². The van der Waals surface area contributed by atoms with Gasteiger partial charge in [-0.3, -0.25) is 4.79 Å². The molecule has 0 radical (unpaired) electrons. The molecule has 28 heavy (non-hydrogen) atoms. The van der Waals surface area contributed by atoms with Crippen LogP contribution >= 0.6 is 0 Å². The summed E-state index contributed by atoms with van der Waals surface area (Å²) in [7, 11) is 0. The van der Waals surface area contributed by atoms with E-state index in [-0.39, 0.29) is 12.0 Å². The van der Waals surface area contributed by atoms with Crippen LogP contribution in [0.4, 0.5) is 0 Å². The maximum absolute atomic E-state index is 13.3. The minimum Gasteiger partial charge on any atom is -0.307 e. The second kappa shape index (κ2) is 7.03. The van der Waals surface area contributed by atoms with E-state index in [1.165, 1.54) is 22.3 Å². The number of carbonyl (C=O) groups is 1. The molecule has 3 aliphatic rings. The summed E-state index contributed by atoms with van der Waals surface area (Å²) in [6, 6.07) is 29.9. The molecule has 0 N–H and O–H groups in total. The van der Waals surface area contributed by atoms with Crippen LogP contribution in [0.25, 0.3) is 11.1 Å².